The second-order valence-electron chi connectivity index (χ2n) is 5.07. The minimum absolute atomic E-state index is 0.0590. The number of hydrogen-bond donors (Lipinski definition) is 0. The Bertz CT molecular complexity index is 684. The third-order valence-electron chi connectivity index (χ3n) is 3.85. The van der Waals surface area contributed by atoms with Crippen molar-refractivity contribution >= 4 is 22.9 Å². The van der Waals surface area contributed by atoms with Gasteiger partial charge in [-0.3, -0.25) is 0 Å². The second-order valence-corrected chi connectivity index (χ2v) is 5.07. The molecule has 0 N–H and O–H groups in total. The van der Waals surface area contributed by atoms with Gasteiger partial charge in [0.05, 0.1) is 24.4 Å². The molecule has 0 saturated carbocycles. The predicted octanol–water partition coefficient (Wildman–Crippen LogP) is 3.17. The summed E-state index contributed by atoms with van der Waals surface area (Å²) in [7, 11) is 1.38. The molecule has 0 aliphatic carbocycles. The maximum atomic E-state index is 12.1. The van der Waals surface area contributed by atoms with E-state index in [1.807, 2.05) is 16.8 Å². The third-order valence-corrected chi connectivity index (χ3v) is 3.85. The highest BCUT2D eigenvalue weighted by molar-refractivity contribution is 6.06. The van der Waals surface area contributed by atoms with Gasteiger partial charge in [-0.1, -0.05) is 18.7 Å². The summed E-state index contributed by atoms with van der Waals surface area (Å²) in [4.78, 5) is 12.1. The molecule has 5 nitrogen and oxygen atoms in total. The molecule has 2 aromatic rings. The summed E-state index contributed by atoms with van der Waals surface area (Å²) in [5, 5.41) is 5.19. The molecule has 0 amide bonds. The Morgan fingerprint density at radius 3 is 3.05 bits per heavy atom. The number of aromatic nitrogens is 2. The van der Waals surface area contributed by atoms with E-state index in [2.05, 4.69) is 11.7 Å². The predicted molar refractivity (Wildman–Crippen MR) is 80.0 cm³/mol. The summed E-state index contributed by atoms with van der Waals surface area (Å²) in [6.07, 6.45) is 6.45. The molecule has 1 aromatic heterocycles. The van der Waals surface area contributed by atoms with Gasteiger partial charge >= 0.3 is 5.97 Å². The van der Waals surface area contributed by atoms with Crippen molar-refractivity contribution in [2.75, 3.05) is 13.7 Å². The molecule has 21 heavy (non-hydrogen) atoms. The lowest BCUT2D eigenvalue weighted by Crippen LogP contribution is -2.19. The van der Waals surface area contributed by atoms with Gasteiger partial charge in [-0.05, 0) is 30.9 Å². The largest absolute Gasteiger partial charge is 0.465 e. The number of carbonyl (C=O) groups is 1. The molecule has 1 aliphatic heterocycles. The van der Waals surface area contributed by atoms with Crippen LogP contribution in [0.2, 0.25) is 0 Å². The Kier molecular flexibility index (Phi) is 3.75. The lowest BCUT2D eigenvalue weighted by Gasteiger charge is -2.23. The molecular formula is C16H18N2O3. The Hall–Kier alpha value is -2.14. The van der Waals surface area contributed by atoms with E-state index in [1.54, 1.807) is 12.3 Å². The van der Waals surface area contributed by atoms with E-state index in [4.69, 9.17) is 9.47 Å². The summed E-state index contributed by atoms with van der Waals surface area (Å²) in [6.45, 7) is 4.50. The number of carbonyl (C=O) groups excluding carboxylic acids is 1. The summed E-state index contributed by atoms with van der Waals surface area (Å²) >= 11 is 0. The summed E-state index contributed by atoms with van der Waals surface area (Å²) in [6, 6.07) is 3.81. The fraction of sp³-hybridized carbons (Fsp3) is 0.375. The zero-order chi connectivity index (χ0) is 14.8. The molecule has 2 heterocycles. The fourth-order valence-electron chi connectivity index (χ4n) is 2.78. The molecule has 1 aromatic carbocycles. The normalized spacial score (nSPS) is 18.6. The van der Waals surface area contributed by atoms with Crippen LogP contribution in [-0.4, -0.2) is 29.5 Å². The Morgan fingerprint density at radius 1 is 1.52 bits per heavy atom. The van der Waals surface area contributed by atoms with Gasteiger partial charge in [-0.25, -0.2) is 9.48 Å². The number of hydrogen-bond acceptors (Lipinski definition) is 4. The molecule has 1 atom stereocenters. The number of nitrogens with zero attached hydrogens (tertiary/aromatic N) is 2. The van der Waals surface area contributed by atoms with Crippen LogP contribution < -0.4 is 0 Å². The molecular weight excluding hydrogens is 268 g/mol. The number of ether oxygens (including phenoxy) is 2. The third kappa shape index (κ3) is 2.34. The minimum atomic E-state index is -0.375. The van der Waals surface area contributed by atoms with Crippen LogP contribution in [0.15, 0.2) is 24.9 Å². The van der Waals surface area contributed by atoms with Gasteiger partial charge in [0, 0.05) is 12.0 Å². The van der Waals surface area contributed by atoms with E-state index in [0.29, 0.717) is 5.56 Å². The number of benzene rings is 1. The van der Waals surface area contributed by atoms with Crippen LogP contribution in [0.1, 0.15) is 41.4 Å². The van der Waals surface area contributed by atoms with Crippen molar-refractivity contribution in [2.45, 2.75) is 25.5 Å². The van der Waals surface area contributed by atoms with Crippen LogP contribution in [0.4, 0.5) is 0 Å². The molecule has 1 aliphatic rings. The van der Waals surface area contributed by atoms with Crippen molar-refractivity contribution in [3.63, 3.8) is 0 Å². The first-order valence-corrected chi connectivity index (χ1v) is 7.09. The maximum Gasteiger partial charge on any atom is 0.339 e. The maximum absolute atomic E-state index is 12.1. The SMILES string of the molecule is C=Cc1ccc2c(cnn2C2CCCCO2)c1C(=O)OC. The molecule has 1 saturated heterocycles. The molecule has 1 fully saturated rings. The van der Waals surface area contributed by atoms with Crippen molar-refractivity contribution in [2.24, 2.45) is 0 Å². The van der Waals surface area contributed by atoms with Crippen molar-refractivity contribution in [3.05, 3.63) is 36.0 Å². The Morgan fingerprint density at radius 2 is 2.38 bits per heavy atom. The first kappa shape index (κ1) is 13.8. The first-order chi connectivity index (χ1) is 10.3. The lowest BCUT2D eigenvalue weighted by molar-refractivity contribution is -0.0366. The summed E-state index contributed by atoms with van der Waals surface area (Å²) in [5.74, 6) is -0.375. The van der Waals surface area contributed by atoms with Gasteiger partial charge in [-0.2, -0.15) is 5.10 Å². The standard InChI is InChI=1S/C16H18N2O3/c1-3-11-7-8-13-12(15(11)16(19)20-2)10-17-18(13)14-6-4-5-9-21-14/h3,7-8,10,14H,1,4-6,9H2,2H3. The van der Waals surface area contributed by atoms with Gasteiger partial charge in [0.1, 0.15) is 0 Å². The van der Waals surface area contributed by atoms with Crippen molar-refractivity contribution < 1.29 is 14.3 Å². The van der Waals surface area contributed by atoms with Crippen LogP contribution in [0, 0.1) is 0 Å². The molecule has 1 unspecified atom stereocenters. The van der Waals surface area contributed by atoms with E-state index >= 15 is 0 Å². The molecule has 0 radical (unpaired) electrons. The highest BCUT2D eigenvalue weighted by Crippen LogP contribution is 2.29. The Labute approximate surface area is 123 Å². The zero-order valence-corrected chi connectivity index (χ0v) is 12.0. The Balaban J connectivity index is 2.14. The fourth-order valence-corrected chi connectivity index (χ4v) is 2.78. The van der Waals surface area contributed by atoms with Crippen molar-refractivity contribution in [1.29, 1.82) is 0 Å². The van der Waals surface area contributed by atoms with Crippen molar-refractivity contribution in [3.8, 4) is 0 Å². The van der Waals surface area contributed by atoms with Gasteiger partial charge in [0.2, 0.25) is 0 Å². The highest BCUT2D eigenvalue weighted by atomic mass is 16.5. The van der Waals surface area contributed by atoms with Crippen LogP contribution >= 0.6 is 0 Å². The topological polar surface area (TPSA) is 53.4 Å². The first-order valence-electron chi connectivity index (χ1n) is 7.09. The number of methoxy groups -OCH3 is 1. The van der Waals surface area contributed by atoms with E-state index in [0.717, 1.165) is 42.3 Å². The van der Waals surface area contributed by atoms with Crippen LogP contribution in [-0.2, 0) is 9.47 Å². The van der Waals surface area contributed by atoms with Crippen LogP contribution in [0.3, 0.4) is 0 Å². The average Bonchev–Trinajstić information content (AvgIpc) is 2.97. The average molecular weight is 286 g/mol. The van der Waals surface area contributed by atoms with Crippen molar-refractivity contribution in [1.82, 2.24) is 9.78 Å². The number of esters is 1. The van der Waals surface area contributed by atoms with Gasteiger partial charge in [0.25, 0.3) is 0 Å². The van der Waals surface area contributed by atoms with Gasteiger partial charge < -0.3 is 9.47 Å². The number of fused-ring (bicyclic) bond motifs is 1. The minimum Gasteiger partial charge on any atom is -0.465 e. The van der Waals surface area contributed by atoms with Crippen LogP contribution in [0.25, 0.3) is 17.0 Å². The van der Waals surface area contributed by atoms with E-state index in [-0.39, 0.29) is 12.2 Å². The summed E-state index contributed by atoms with van der Waals surface area (Å²) in [5.41, 5.74) is 2.14. The molecule has 5 heteroatoms. The highest BCUT2D eigenvalue weighted by Gasteiger charge is 2.22. The van der Waals surface area contributed by atoms with Gasteiger partial charge in [0.15, 0.2) is 6.23 Å². The molecule has 3 rings (SSSR count). The van der Waals surface area contributed by atoms with E-state index in [1.165, 1.54) is 7.11 Å². The van der Waals surface area contributed by atoms with E-state index in [9.17, 15) is 4.79 Å². The summed E-state index contributed by atoms with van der Waals surface area (Å²) < 4.78 is 12.5. The second kappa shape index (κ2) is 5.69. The smallest absolute Gasteiger partial charge is 0.339 e. The van der Waals surface area contributed by atoms with Crippen LogP contribution in [0.5, 0.6) is 0 Å². The molecule has 0 spiro atoms. The van der Waals surface area contributed by atoms with E-state index < -0.39 is 0 Å². The van der Waals surface area contributed by atoms with Gasteiger partial charge in [-0.15, -0.1) is 0 Å². The lowest BCUT2D eigenvalue weighted by atomic mass is 10.0. The monoisotopic (exact) mass is 286 g/mol. The molecule has 110 valence electrons. The molecule has 0 bridgehead atoms. The number of rotatable bonds is 3. The zero-order valence-electron chi connectivity index (χ0n) is 12.0. The quantitative estimate of drug-likeness (QED) is 0.813.